The summed E-state index contributed by atoms with van der Waals surface area (Å²) in [4.78, 5) is 28.6. The van der Waals surface area contributed by atoms with Crippen LogP contribution in [0.5, 0.6) is 0 Å². The number of carbonyl (C=O) groups is 2. The maximum atomic E-state index is 11.3. The number of anilines is 1. The zero-order valence-corrected chi connectivity index (χ0v) is 11.1. The molecule has 0 atom stereocenters. The summed E-state index contributed by atoms with van der Waals surface area (Å²) in [6, 6.07) is 4.21. The lowest BCUT2D eigenvalue weighted by Crippen LogP contribution is -2.51. The average Bonchev–Trinajstić information content (AvgIpc) is 2.36. The van der Waals surface area contributed by atoms with Gasteiger partial charge in [-0.1, -0.05) is 19.9 Å². The van der Waals surface area contributed by atoms with Gasteiger partial charge in [-0.25, -0.2) is 4.98 Å². The van der Waals surface area contributed by atoms with Gasteiger partial charge in [-0.05, 0) is 11.6 Å². The molecule has 1 aliphatic rings. The first-order valence-corrected chi connectivity index (χ1v) is 6.30. The Kier molecular flexibility index (Phi) is 4.11. The number of nitrogens with one attached hydrogen (secondary N) is 2. The summed E-state index contributed by atoms with van der Waals surface area (Å²) in [5, 5.41) is 5.57. The molecule has 1 fully saturated rings. The second-order valence-electron chi connectivity index (χ2n) is 4.89. The highest BCUT2D eigenvalue weighted by Gasteiger charge is 2.23. The van der Waals surface area contributed by atoms with E-state index < -0.39 is 0 Å². The van der Waals surface area contributed by atoms with E-state index in [4.69, 9.17) is 0 Å². The first kappa shape index (κ1) is 13.5. The van der Waals surface area contributed by atoms with E-state index in [0.717, 1.165) is 12.1 Å². The molecule has 1 aromatic rings. The first-order valence-electron chi connectivity index (χ1n) is 6.30. The van der Waals surface area contributed by atoms with Gasteiger partial charge in [-0.15, -0.1) is 0 Å². The molecular formula is C13H18N4O2. The zero-order chi connectivity index (χ0) is 13.8. The summed E-state index contributed by atoms with van der Waals surface area (Å²) in [5.74, 6) is 0.0729. The highest BCUT2D eigenvalue weighted by atomic mass is 16.2. The first-order chi connectivity index (χ1) is 9.04. The van der Waals surface area contributed by atoms with Crippen LogP contribution in [0, 0.1) is 0 Å². The fraction of sp³-hybridized carbons (Fsp3) is 0.462. The average molecular weight is 262 g/mol. The summed E-state index contributed by atoms with van der Waals surface area (Å²) in [6.07, 6.45) is 1.77. The molecule has 6 heteroatoms. The van der Waals surface area contributed by atoms with E-state index in [2.05, 4.69) is 29.5 Å². The Hall–Kier alpha value is -1.95. The van der Waals surface area contributed by atoms with Crippen molar-refractivity contribution in [3.05, 3.63) is 23.9 Å². The van der Waals surface area contributed by atoms with Crippen molar-refractivity contribution in [2.75, 3.05) is 18.0 Å². The molecule has 2 rings (SSSR count). The molecule has 6 nitrogen and oxygen atoms in total. The molecule has 1 aliphatic heterocycles. The van der Waals surface area contributed by atoms with Crippen molar-refractivity contribution >= 4 is 17.6 Å². The minimum Gasteiger partial charge on any atom is -0.338 e. The standard InChI is InChI=1S/C13H18N4O2/c1-9(2)14-5-10-3-4-11(15-6-10)17-7-12(18)16-13(19)8-17/h3-4,6,9,14H,5,7-8H2,1-2H3,(H,16,18,19). The van der Waals surface area contributed by atoms with Crippen LogP contribution in [-0.2, 0) is 16.1 Å². The number of amides is 2. The van der Waals surface area contributed by atoms with Crippen molar-refractivity contribution < 1.29 is 9.59 Å². The minimum atomic E-state index is -0.288. The van der Waals surface area contributed by atoms with E-state index in [1.165, 1.54) is 0 Å². The maximum Gasteiger partial charge on any atom is 0.246 e. The Morgan fingerprint density at radius 3 is 2.53 bits per heavy atom. The van der Waals surface area contributed by atoms with Crippen LogP contribution >= 0.6 is 0 Å². The van der Waals surface area contributed by atoms with Gasteiger partial charge in [0, 0.05) is 18.8 Å². The van der Waals surface area contributed by atoms with Crippen molar-refractivity contribution in [3.63, 3.8) is 0 Å². The monoisotopic (exact) mass is 262 g/mol. The summed E-state index contributed by atoms with van der Waals surface area (Å²) in [7, 11) is 0. The smallest absolute Gasteiger partial charge is 0.246 e. The Labute approximate surface area is 112 Å². The van der Waals surface area contributed by atoms with Crippen molar-refractivity contribution in [3.8, 4) is 0 Å². The molecule has 2 heterocycles. The van der Waals surface area contributed by atoms with Crippen LogP contribution in [0.25, 0.3) is 0 Å². The number of carbonyl (C=O) groups excluding carboxylic acids is 2. The number of aromatic nitrogens is 1. The van der Waals surface area contributed by atoms with Crippen molar-refractivity contribution in [1.29, 1.82) is 0 Å². The molecule has 19 heavy (non-hydrogen) atoms. The van der Waals surface area contributed by atoms with E-state index in [1.54, 1.807) is 11.1 Å². The van der Waals surface area contributed by atoms with Gasteiger partial charge in [0.2, 0.25) is 11.8 Å². The molecule has 0 aliphatic carbocycles. The van der Waals surface area contributed by atoms with Gasteiger partial charge in [0.1, 0.15) is 5.82 Å². The molecule has 102 valence electrons. The van der Waals surface area contributed by atoms with E-state index in [9.17, 15) is 9.59 Å². The molecule has 2 amide bonds. The molecule has 0 aromatic carbocycles. The highest BCUT2D eigenvalue weighted by molar-refractivity contribution is 6.02. The lowest BCUT2D eigenvalue weighted by molar-refractivity contribution is -0.130. The van der Waals surface area contributed by atoms with Gasteiger partial charge < -0.3 is 10.2 Å². The van der Waals surface area contributed by atoms with E-state index in [1.807, 2.05) is 12.1 Å². The van der Waals surface area contributed by atoms with Crippen LogP contribution in [-0.4, -0.2) is 35.9 Å². The van der Waals surface area contributed by atoms with Gasteiger partial charge in [0.15, 0.2) is 0 Å². The summed E-state index contributed by atoms with van der Waals surface area (Å²) in [5.41, 5.74) is 1.07. The Morgan fingerprint density at radius 1 is 1.32 bits per heavy atom. The second-order valence-corrected chi connectivity index (χ2v) is 4.89. The minimum absolute atomic E-state index is 0.169. The SMILES string of the molecule is CC(C)NCc1ccc(N2CC(=O)NC(=O)C2)nc1. The number of piperazine rings is 1. The summed E-state index contributed by atoms with van der Waals surface area (Å²) in [6.45, 7) is 5.26. The lowest BCUT2D eigenvalue weighted by Gasteiger charge is -2.26. The molecule has 0 saturated carbocycles. The third-order valence-corrected chi connectivity index (χ3v) is 2.80. The number of imide groups is 1. The number of nitrogens with zero attached hydrogens (tertiary/aromatic N) is 2. The topological polar surface area (TPSA) is 74.3 Å². The highest BCUT2D eigenvalue weighted by Crippen LogP contribution is 2.12. The molecular weight excluding hydrogens is 244 g/mol. The molecule has 1 aromatic heterocycles. The quantitative estimate of drug-likeness (QED) is 0.750. The van der Waals surface area contributed by atoms with Crippen LogP contribution in [0.1, 0.15) is 19.4 Å². The third-order valence-electron chi connectivity index (χ3n) is 2.80. The van der Waals surface area contributed by atoms with Crippen LogP contribution in [0.15, 0.2) is 18.3 Å². The lowest BCUT2D eigenvalue weighted by atomic mass is 10.2. The van der Waals surface area contributed by atoms with Crippen LogP contribution < -0.4 is 15.5 Å². The Morgan fingerprint density at radius 2 is 2.00 bits per heavy atom. The fourth-order valence-corrected chi connectivity index (χ4v) is 1.83. The van der Waals surface area contributed by atoms with E-state index in [0.29, 0.717) is 11.9 Å². The van der Waals surface area contributed by atoms with Gasteiger partial charge in [0.05, 0.1) is 13.1 Å². The summed E-state index contributed by atoms with van der Waals surface area (Å²) < 4.78 is 0. The van der Waals surface area contributed by atoms with Gasteiger partial charge in [-0.3, -0.25) is 14.9 Å². The molecule has 0 radical (unpaired) electrons. The number of rotatable bonds is 4. The number of hydrogen-bond acceptors (Lipinski definition) is 5. The molecule has 0 spiro atoms. The van der Waals surface area contributed by atoms with Gasteiger partial charge in [-0.2, -0.15) is 0 Å². The zero-order valence-electron chi connectivity index (χ0n) is 11.1. The predicted molar refractivity (Wildman–Crippen MR) is 71.6 cm³/mol. The van der Waals surface area contributed by atoms with E-state index >= 15 is 0 Å². The molecule has 0 unspecified atom stereocenters. The number of pyridine rings is 1. The van der Waals surface area contributed by atoms with Crippen LogP contribution in [0.3, 0.4) is 0 Å². The predicted octanol–water partition coefficient (Wildman–Crippen LogP) is 0.0424. The van der Waals surface area contributed by atoms with Crippen molar-refractivity contribution in [2.45, 2.75) is 26.4 Å². The van der Waals surface area contributed by atoms with Crippen LogP contribution in [0.2, 0.25) is 0 Å². The second kappa shape index (κ2) is 5.79. The van der Waals surface area contributed by atoms with Gasteiger partial charge in [0.25, 0.3) is 0 Å². The Bertz CT molecular complexity index is 454. The molecule has 0 bridgehead atoms. The van der Waals surface area contributed by atoms with Crippen LogP contribution in [0.4, 0.5) is 5.82 Å². The Balaban J connectivity index is 2.01. The van der Waals surface area contributed by atoms with Crippen molar-refractivity contribution in [2.24, 2.45) is 0 Å². The third kappa shape index (κ3) is 3.75. The normalized spacial score (nSPS) is 15.8. The van der Waals surface area contributed by atoms with Gasteiger partial charge >= 0.3 is 0 Å². The van der Waals surface area contributed by atoms with E-state index in [-0.39, 0.29) is 24.9 Å². The largest absolute Gasteiger partial charge is 0.338 e. The molecule has 1 saturated heterocycles. The maximum absolute atomic E-state index is 11.3. The summed E-state index contributed by atoms with van der Waals surface area (Å²) >= 11 is 0. The number of hydrogen-bond donors (Lipinski definition) is 2. The molecule has 2 N–H and O–H groups in total. The van der Waals surface area contributed by atoms with Crippen molar-refractivity contribution in [1.82, 2.24) is 15.6 Å². The fourth-order valence-electron chi connectivity index (χ4n) is 1.83.